The number of carboxylic acids is 1. The Hall–Kier alpha value is -3.35. The Morgan fingerprint density at radius 1 is 0.829 bits per heavy atom. The molecule has 2 atom stereocenters. The molecule has 2 saturated carbocycles. The fourth-order valence-electron chi connectivity index (χ4n) is 5.46. The fourth-order valence-corrected chi connectivity index (χ4v) is 5.46. The molecule has 2 fully saturated rings. The average Bonchev–Trinajstić information content (AvgIpc) is 3.59. The Balaban J connectivity index is 1.17. The van der Waals surface area contributed by atoms with Crippen molar-refractivity contribution >= 4 is 18.0 Å². The van der Waals surface area contributed by atoms with Crippen LogP contribution in [-0.2, 0) is 14.3 Å². The monoisotopic (exact) mass is 476 g/mol. The zero-order valence-electron chi connectivity index (χ0n) is 19.7. The summed E-state index contributed by atoms with van der Waals surface area (Å²) in [6.45, 7) is 0.228. The summed E-state index contributed by atoms with van der Waals surface area (Å²) in [5, 5.41) is 15.0. The van der Waals surface area contributed by atoms with E-state index in [1.54, 1.807) is 0 Å². The molecule has 35 heavy (non-hydrogen) atoms. The average molecular weight is 477 g/mol. The summed E-state index contributed by atoms with van der Waals surface area (Å²) in [4.78, 5) is 36.7. The quantitative estimate of drug-likeness (QED) is 0.470. The Bertz CT molecular complexity index is 1060. The van der Waals surface area contributed by atoms with E-state index in [1.807, 2.05) is 24.3 Å². The molecule has 0 aliphatic heterocycles. The number of hydrogen-bond acceptors (Lipinski definition) is 4. The van der Waals surface area contributed by atoms with Gasteiger partial charge in [0.05, 0.1) is 6.42 Å². The van der Waals surface area contributed by atoms with Crippen LogP contribution in [0.3, 0.4) is 0 Å². The minimum Gasteiger partial charge on any atom is -0.481 e. The van der Waals surface area contributed by atoms with Gasteiger partial charge in [0, 0.05) is 24.4 Å². The topological polar surface area (TPSA) is 105 Å². The summed E-state index contributed by atoms with van der Waals surface area (Å²) in [5.74, 6) is -0.654. The molecular weight excluding hydrogens is 444 g/mol. The molecule has 2 unspecified atom stereocenters. The molecule has 2 aromatic rings. The van der Waals surface area contributed by atoms with Gasteiger partial charge in [-0.15, -0.1) is 0 Å². The third kappa shape index (κ3) is 5.34. The van der Waals surface area contributed by atoms with Crippen LogP contribution in [0.5, 0.6) is 0 Å². The lowest BCUT2D eigenvalue weighted by atomic mass is 9.78. The van der Waals surface area contributed by atoms with Crippen molar-refractivity contribution in [3.8, 4) is 11.1 Å². The molecule has 0 aromatic heterocycles. The molecule has 3 aliphatic rings. The lowest BCUT2D eigenvalue weighted by Crippen LogP contribution is -2.47. The number of fused-ring (bicyclic) bond motifs is 3. The van der Waals surface area contributed by atoms with Crippen LogP contribution >= 0.6 is 0 Å². The second-order valence-corrected chi connectivity index (χ2v) is 10.1. The van der Waals surface area contributed by atoms with Crippen LogP contribution in [0.4, 0.5) is 4.79 Å². The molecule has 184 valence electrons. The van der Waals surface area contributed by atoms with Gasteiger partial charge in [-0.3, -0.25) is 9.59 Å². The first kappa shape index (κ1) is 23.4. The Kier molecular flexibility index (Phi) is 6.75. The van der Waals surface area contributed by atoms with E-state index >= 15 is 0 Å². The predicted molar refractivity (Wildman–Crippen MR) is 131 cm³/mol. The number of carbonyl (C=O) groups is 3. The van der Waals surface area contributed by atoms with E-state index in [4.69, 9.17) is 4.74 Å². The third-order valence-corrected chi connectivity index (χ3v) is 7.70. The number of carboxylic acid groups (broad SMARTS) is 1. The van der Waals surface area contributed by atoms with Gasteiger partial charge in [-0.2, -0.15) is 0 Å². The first-order chi connectivity index (χ1) is 17.0. The van der Waals surface area contributed by atoms with Gasteiger partial charge >= 0.3 is 12.1 Å². The summed E-state index contributed by atoms with van der Waals surface area (Å²) < 4.78 is 5.67. The van der Waals surface area contributed by atoms with Crippen molar-refractivity contribution in [1.82, 2.24) is 10.6 Å². The van der Waals surface area contributed by atoms with Crippen LogP contribution in [0.15, 0.2) is 48.5 Å². The van der Waals surface area contributed by atoms with Gasteiger partial charge in [0.15, 0.2) is 0 Å². The number of rotatable bonds is 10. The van der Waals surface area contributed by atoms with Gasteiger partial charge in [-0.1, -0.05) is 55.0 Å². The third-order valence-electron chi connectivity index (χ3n) is 7.70. The van der Waals surface area contributed by atoms with Crippen molar-refractivity contribution in [2.45, 2.75) is 62.9 Å². The smallest absolute Gasteiger partial charge is 0.407 e. The van der Waals surface area contributed by atoms with Gasteiger partial charge in [0.2, 0.25) is 5.91 Å². The Morgan fingerprint density at radius 2 is 1.40 bits per heavy atom. The van der Waals surface area contributed by atoms with Crippen molar-refractivity contribution in [2.24, 2.45) is 11.8 Å². The summed E-state index contributed by atoms with van der Waals surface area (Å²) in [6, 6.07) is 15.7. The zero-order chi connectivity index (χ0) is 24.4. The molecule has 0 saturated heterocycles. The van der Waals surface area contributed by atoms with Gasteiger partial charge in [-0.05, 0) is 59.8 Å². The lowest BCUT2D eigenvalue weighted by molar-refractivity contribution is -0.138. The molecule has 5 rings (SSSR count). The van der Waals surface area contributed by atoms with Crippen molar-refractivity contribution in [2.75, 3.05) is 6.61 Å². The lowest BCUT2D eigenvalue weighted by Gasteiger charge is -2.33. The normalized spacial score (nSPS) is 18.5. The molecule has 3 N–H and O–H groups in total. The Morgan fingerprint density at radius 3 is 1.94 bits per heavy atom. The maximum Gasteiger partial charge on any atom is 0.407 e. The highest BCUT2D eigenvalue weighted by Crippen LogP contribution is 2.44. The zero-order valence-corrected chi connectivity index (χ0v) is 19.7. The molecule has 3 aliphatic carbocycles. The molecular formula is C28H32N2O5. The first-order valence-electron chi connectivity index (χ1n) is 12.6. The van der Waals surface area contributed by atoms with Crippen LogP contribution in [0, 0.1) is 11.8 Å². The maximum absolute atomic E-state index is 12.7. The highest BCUT2D eigenvalue weighted by molar-refractivity contribution is 5.80. The Labute approximate surface area is 205 Å². The van der Waals surface area contributed by atoms with Crippen LogP contribution in [-0.4, -0.2) is 41.8 Å². The van der Waals surface area contributed by atoms with Crippen molar-refractivity contribution in [3.63, 3.8) is 0 Å². The second-order valence-electron chi connectivity index (χ2n) is 10.1. The molecule has 0 heterocycles. The second kappa shape index (κ2) is 10.1. The van der Waals surface area contributed by atoms with Crippen molar-refractivity contribution < 1.29 is 24.2 Å². The molecule has 0 bridgehead atoms. The first-order valence-corrected chi connectivity index (χ1v) is 12.6. The highest BCUT2D eigenvalue weighted by Gasteiger charge is 2.36. The number of nitrogens with one attached hydrogen (secondary N) is 2. The van der Waals surface area contributed by atoms with E-state index in [9.17, 15) is 19.5 Å². The SMILES string of the molecule is O=C(O)CC(NC(=O)CC(NC(=O)OCC1c2ccccc2-c2ccccc21)C1CC1)C1CCC1. The van der Waals surface area contributed by atoms with Crippen LogP contribution in [0.25, 0.3) is 11.1 Å². The number of alkyl carbamates (subject to hydrolysis) is 1. The number of aliphatic carboxylic acids is 1. The minimum absolute atomic E-state index is 0.0184. The van der Waals surface area contributed by atoms with Gasteiger partial charge in [-0.25, -0.2) is 4.79 Å². The van der Waals surface area contributed by atoms with Crippen LogP contribution in [0.1, 0.15) is 62.0 Å². The van der Waals surface area contributed by atoms with Gasteiger partial charge in [0.25, 0.3) is 0 Å². The predicted octanol–water partition coefficient (Wildman–Crippen LogP) is 4.45. The summed E-state index contributed by atoms with van der Waals surface area (Å²) in [6.07, 6.45) is 4.45. The molecule has 2 amide bonds. The number of hydrogen-bond donors (Lipinski definition) is 3. The van der Waals surface area contributed by atoms with Gasteiger partial charge < -0.3 is 20.5 Å². The standard InChI is InChI=1S/C28H32N2O5/c31-26(29-25(15-27(32)33)17-6-5-7-17)14-24(18-12-13-18)30-28(34)35-16-23-21-10-3-1-8-19(21)20-9-2-4-11-22(20)23/h1-4,8-11,17-18,23-25H,5-7,12-16H2,(H,29,31)(H,30,34)(H,32,33). The summed E-state index contributed by atoms with van der Waals surface area (Å²) in [5.41, 5.74) is 4.65. The molecule has 0 spiro atoms. The largest absolute Gasteiger partial charge is 0.481 e. The van der Waals surface area contributed by atoms with E-state index in [2.05, 4.69) is 34.9 Å². The number of carbonyl (C=O) groups excluding carboxylic acids is 2. The van der Waals surface area contributed by atoms with Crippen LogP contribution < -0.4 is 10.6 Å². The minimum atomic E-state index is -0.905. The molecule has 2 aromatic carbocycles. The van der Waals surface area contributed by atoms with E-state index in [0.717, 1.165) is 43.2 Å². The van der Waals surface area contributed by atoms with Gasteiger partial charge in [0.1, 0.15) is 6.61 Å². The highest BCUT2D eigenvalue weighted by atomic mass is 16.5. The van der Waals surface area contributed by atoms with Crippen molar-refractivity contribution in [1.29, 1.82) is 0 Å². The molecule has 0 radical (unpaired) electrons. The number of amides is 2. The van der Waals surface area contributed by atoms with E-state index in [-0.39, 0.29) is 55.2 Å². The van der Waals surface area contributed by atoms with E-state index < -0.39 is 12.1 Å². The molecule has 7 nitrogen and oxygen atoms in total. The fraction of sp³-hybridized carbons (Fsp3) is 0.464. The van der Waals surface area contributed by atoms with E-state index in [0.29, 0.717) is 0 Å². The number of benzene rings is 2. The summed E-state index contributed by atoms with van der Waals surface area (Å²) >= 11 is 0. The van der Waals surface area contributed by atoms with E-state index in [1.165, 1.54) is 11.1 Å². The summed E-state index contributed by atoms with van der Waals surface area (Å²) in [7, 11) is 0. The number of ether oxygens (including phenoxy) is 1. The van der Waals surface area contributed by atoms with Crippen LogP contribution in [0.2, 0.25) is 0 Å². The van der Waals surface area contributed by atoms with Crippen molar-refractivity contribution in [3.05, 3.63) is 59.7 Å². The maximum atomic E-state index is 12.7. The molecule has 7 heteroatoms.